The van der Waals surface area contributed by atoms with Crippen molar-refractivity contribution in [3.63, 3.8) is 0 Å². The zero-order valence-corrected chi connectivity index (χ0v) is 11.8. The first-order valence-corrected chi connectivity index (χ1v) is 6.64. The van der Waals surface area contributed by atoms with Gasteiger partial charge in [-0.2, -0.15) is 0 Å². The van der Waals surface area contributed by atoms with Gasteiger partial charge in [0.15, 0.2) is 0 Å². The summed E-state index contributed by atoms with van der Waals surface area (Å²) in [4.78, 5) is 15.5. The van der Waals surface area contributed by atoms with Crippen LogP contribution < -0.4 is 4.90 Å². The second-order valence-corrected chi connectivity index (χ2v) is 5.28. The van der Waals surface area contributed by atoms with E-state index in [1.54, 1.807) is 6.92 Å². The second-order valence-electron chi connectivity index (χ2n) is 4.43. The number of benzene rings is 1. The average Bonchev–Trinajstić information content (AvgIpc) is 2.33. The molecule has 0 aromatic heterocycles. The van der Waals surface area contributed by atoms with E-state index in [2.05, 4.69) is 46.0 Å². The number of hydrogen-bond acceptors (Lipinski definition) is 2. The van der Waals surface area contributed by atoms with Crippen LogP contribution in [0.15, 0.2) is 22.7 Å². The van der Waals surface area contributed by atoms with Crippen molar-refractivity contribution in [1.29, 1.82) is 0 Å². The summed E-state index contributed by atoms with van der Waals surface area (Å²) >= 11 is 3.51. The molecule has 0 unspecified atom stereocenters. The first-order valence-electron chi connectivity index (χ1n) is 5.84. The minimum atomic E-state index is 0.177. The van der Waals surface area contributed by atoms with Gasteiger partial charge in [0, 0.05) is 43.3 Å². The van der Waals surface area contributed by atoms with Gasteiger partial charge in [-0.25, -0.2) is 0 Å². The molecule has 1 fully saturated rings. The van der Waals surface area contributed by atoms with E-state index in [0.717, 1.165) is 30.7 Å². The standard InChI is InChI=1S/C13H17BrN2O/c1-10-9-12(3-4-13(10)14)16-7-5-15(6-8-16)11(2)17/h3-4,9H,5-8H2,1-2H3. The molecule has 0 bridgehead atoms. The molecule has 2 rings (SSSR count). The van der Waals surface area contributed by atoms with Crippen molar-refractivity contribution in [1.82, 2.24) is 4.90 Å². The summed E-state index contributed by atoms with van der Waals surface area (Å²) in [5, 5.41) is 0. The van der Waals surface area contributed by atoms with Gasteiger partial charge in [0.2, 0.25) is 5.91 Å². The Morgan fingerprint density at radius 1 is 1.24 bits per heavy atom. The van der Waals surface area contributed by atoms with Crippen molar-refractivity contribution >= 4 is 27.5 Å². The lowest BCUT2D eigenvalue weighted by Crippen LogP contribution is -2.48. The smallest absolute Gasteiger partial charge is 0.219 e. The molecule has 1 aliphatic rings. The van der Waals surface area contributed by atoms with Crippen molar-refractivity contribution in [3.8, 4) is 0 Å². The van der Waals surface area contributed by atoms with Gasteiger partial charge in [0.1, 0.15) is 0 Å². The van der Waals surface area contributed by atoms with Gasteiger partial charge in [-0.05, 0) is 30.7 Å². The highest BCUT2D eigenvalue weighted by atomic mass is 79.9. The van der Waals surface area contributed by atoms with Gasteiger partial charge in [-0.1, -0.05) is 15.9 Å². The SMILES string of the molecule is CC(=O)N1CCN(c2ccc(Br)c(C)c2)CC1. The molecule has 1 saturated heterocycles. The molecule has 0 spiro atoms. The van der Waals surface area contributed by atoms with E-state index in [1.807, 2.05) is 4.90 Å². The summed E-state index contributed by atoms with van der Waals surface area (Å²) in [5.74, 6) is 0.177. The number of amides is 1. The van der Waals surface area contributed by atoms with Gasteiger partial charge in [0.25, 0.3) is 0 Å². The summed E-state index contributed by atoms with van der Waals surface area (Å²) in [6, 6.07) is 6.40. The van der Waals surface area contributed by atoms with Crippen LogP contribution in [0.1, 0.15) is 12.5 Å². The van der Waals surface area contributed by atoms with Gasteiger partial charge in [-0.3, -0.25) is 4.79 Å². The van der Waals surface area contributed by atoms with E-state index < -0.39 is 0 Å². The molecule has 0 saturated carbocycles. The molecule has 1 aliphatic heterocycles. The Kier molecular flexibility index (Phi) is 3.72. The molecule has 1 heterocycles. The Morgan fingerprint density at radius 3 is 2.41 bits per heavy atom. The lowest BCUT2D eigenvalue weighted by molar-refractivity contribution is -0.129. The summed E-state index contributed by atoms with van der Waals surface area (Å²) in [7, 11) is 0. The molecule has 3 nitrogen and oxygen atoms in total. The maximum atomic E-state index is 11.2. The summed E-state index contributed by atoms with van der Waals surface area (Å²) in [6.07, 6.45) is 0. The van der Waals surface area contributed by atoms with Gasteiger partial charge < -0.3 is 9.80 Å². The fourth-order valence-corrected chi connectivity index (χ4v) is 2.35. The Labute approximate surface area is 111 Å². The van der Waals surface area contributed by atoms with Crippen LogP contribution in [-0.4, -0.2) is 37.0 Å². The molecule has 1 aromatic carbocycles. The van der Waals surface area contributed by atoms with Crippen molar-refractivity contribution in [2.45, 2.75) is 13.8 Å². The number of piperazine rings is 1. The van der Waals surface area contributed by atoms with E-state index in [-0.39, 0.29) is 5.91 Å². The third kappa shape index (κ3) is 2.80. The third-order valence-electron chi connectivity index (χ3n) is 3.23. The highest BCUT2D eigenvalue weighted by molar-refractivity contribution is 9.10. The van der Waals surface area contributed by atoms with Crippen molar-refractivity contribution in [3.05, 3.63) is 28.2 Å². The van der Waals surface area contributed by atoms with Crippen molar-refractivity contribution in [2.75, 3.05) is 31.1 Å². The monoisotopic (exact) mass is 296 g/mol. The second kappa shape index (κ2) is 5.08. The molecule has 0 N–H and O–H groups in total. The van der Waals surface area contributed by atoms with Crippen LogP contribution in [0.4, 0.5) is 5.69 Å². The molecule has 4 heteroatoms. The molecule has 92 valence electrons. The quantitative estimate of drug-likeness (QED) is 0.795. The lowest BCUT2D eigenvalue weighted by Gasteiger charge is -2.35. The Morgan fingerprint density at radius 2 is 1.88 bits per heavy atom. The Bertz CT molecular complexity index is 425. The zero-order valence-electron chi connectivity index (χ0n) is 10.2. The first-order chi connectivity index (χ1) is 8.08. The summed E-state index contributed by atoms with van der Waals surface area (Å²) in [5.41, 5.74) is 2.49. The topological polar surface area (TPSA) is 23.6 Å². The van der Waals surface area contributed by atoms with Crippen molar-refractivity contribution < 1.29 is 4.79 Å². The third-order valence-corrected chi connectivity index (χ3v) is 4.12. The highest BCUT2D eigenvalue weighted by Crippen LogP contribution is 2.23. The van der Waals surface area contributed by atoms with Crippen LogP contribution in [0.2, 0.25) is 0 Å². The number of carbonyl (C=O) groups excluding carboxylic acids is 1. The largest absolute Gasteiger partial charge is 0.368 e. The van der Waals surface area contributed by atoms with E-state index in [9.17, 15) is 4.79 Å². The Hall–Kier alpha value is -1.03. The predicted octanol–water partition coefficient (Wildman–Crippen LogP) is 2.43. The van der Waals surface area contributed by atoms with Gasteiger partial charge in [0.05, 0.1) is 0 Å². The summed E-state index contributed by atoms with van der Waals surface area (Å²) < 4.78 is 1.14. The lowest BCUT2D eigenvalue weighted by atomic mass is 10.2. The Balaban J connectivity index is 2.05. The van der Waals surface area contributed by atoms with Crippen LogP contribution in [0.3, 0.4) is 0 Å². The number of rotatable bonds is 1. The fourth-order valence-electron chi connectivity index (χ4n) is 2.11. The number of hydrogen-bond donors (Lipinski definition) is 0. The molecule has 17 heavy (non-hydrogen) atoms. The van der Waals surface area contributed by atoms with Crippen LogP contribution in [0.25, 0.3) is 0 Å². The van der Waals surface area contributed by atoms with E-state index in [1.165, 1.54) is 11.3 Å². The number of carbonyl (C=O) groups is 1. The average molecular weight is 297 g/mol. The van der Waals surface area contributed by atoms with Gasteiger partial charge >= 0.3 is 0 Å². The number of aryl methyl sites for hydroxylation is 1. The molecule has 0 aliphatic carbocycles. The van der Waals surface area contributed by atoms with E-state index in [4.69, 9.17) is 0 Å². The first kappa shape index (κ1) is 12.4. The summed E-state index contributed by atoms with van der Waals surface area (Å²) in [6.45, 7) is 7.22. The van der Waals surface area contributed by atoms with Crippen LogP contribution in [0.5, 0.6) is 0 Å². The normalized spacial score (nSPS) is 16.2. The predicted molar refractivity (Wildman–Crippen MR) is 73.3 cm³/mol. The molecule has 0 radical (unpaired) electrons. The van der Waals surface area contributed by atoms with Crippen molar-refractivity contribution in [2.24, 2.45) is 0 Å². The molecular formula is C13H17BrN2O. The number of halogens is 1. The van der Waals surface area contributed by atoms with Gasteiger partial charge in [-0.15, -0.1) is 0 Å². The number of anilines is 1. The fraction of sp³-hybridized carbons (Fsp3) is 0.462. The minimum absolute atomic E-state index is 0.177. The zero-order chi connectivity index (χ0) is 12.4. The molecule has 1 amide bonds. The van der Waals surface area contributed by atoms with Crippen LogP contribution >= 0.6 is 15.9 Å². The molecule has 1 aromatic rings. The van der Waals surface area contributed by atoms with Crippen LogP contribution in [-0.2, 0) is 4.79 Å². The maximum absolute atomic E-state index is 11.2. The highest BCUT2D eigenvalue weighted by Gasteiger charge is 2.18. The molecular weight excluding hydrogens is 280 g/mol. The van der Waals surface area contributed by atoms with Crippen LogP contribution in [0, 0.1) is 6.92 Å². The molecule has 0 atom stereocenters. The number of nitrogens with zero attached hydrogens (tertiary/aromatic N) is 2. The minimum Gasteiger partial charge on any atom is -0.368 e. The van der Waals surface area contributed by atoms with E-state index in [0.29, 0.717) is 0 Å². The maximum Gasteiger partial charge on any atom is 0.219 e. The van der Waals surface area contributed by atoms with E-state index >= 15 is 0 Å².